The minimum atomic E-state index is -2.76. The predicted molar refractivity (Wildman–Crippen MR) is 64.7 cm³/mol. The molecule has 0 N–H and O–H groups in total. The van der Waals surface area contributed by atoms with Crippen LogP contribution in [0.4, 0.5) is 0 Å². The number of benzene rings is 1. The maximum Gasteiger partial charge on any atom is 0.536 e. The van der Waals surface area contributed by atoms with Crippen LogP contribution >= 0.6 is 0 Å². The molecule has 92 valence electrons. The fourth-order valence-electron chi connectivity index (χ4n) is 1.54. The van der Waals surface area contributed by atoms with Crippen LogP contribution in [0.3, 0.4) is 0 Å². The molecule has 5 nitrogen and oxygen atoms in total. The summed E-state index contributed by atoms with van der Waals surface area (Å²) >= 11 is 0. The molecule has 0 aliphatic rings. The Labute approximate surface area is 101 Å². The molecule has 17 heavy (non-hydrogen) atoms. The Kier molecular flexibility index (Phi) is 5.21. The monoisotopic (exact) mass is 253 g/mol. The van der Waals surface area contributed by atoms with E-state index in [0.717, 1.165) is 10.8 Å². The van der Waals surface area contributed by atoms with E-state index in [-0.39, 0.29) is 0 Å². The number of nitrogens with zero attached hydrogens (tertiary/aromatic N) is 1. The summed E-state index contributed by atoms with van der Waals surface area (Å²) in [6.45, 7) is 0.325. The minimum absolute atomic E-state index is 0.325. The molecular weight excluding hydrogens is 238 g/mol. The molecule has 0 unspecified atom stereocenters. The molecular formula is C11H15NO4Si. The zero-order chi connectivity index (χ0) is 12.7. The molecule has 0 bridgehead atoms. The third kappa shape index (κ3) is 3.09. The van der Waals surface area contributed by atoms with Crippen molar-refractivity contribution in [1.29, 1.82) is 0 Å². The molecule has 1 rings (SSSR count). The van der Waals surface area contributed by atoms with Crippen LogP contribution in [-0.2, 0) is 24.6 Å². The van der Waals surface area contributed by atoms with E-state index in [1.165, 1.54) is 6.08 Å². The topological polar surface area (TPSA) is 57.1 Å². The third-order valence-corrected chi connectivity index (χ3v) is 5.09. The smallest absolute Gasteiger partial charge is 0.373 e. The highest BCUT2D eigenvalue weighted by Crippen LogP contribution is 2.08. The zero-order valence-electron chi connectivity index (χ0n) is 10.1. The lowest BCUT2D eigenvalue weighted by Crippen LogP contribution is -2.54. The Hall–Kier alpha value is -1.30. The molecule has 0 amide bonds. The second kappa shape index (κ2) is 6.44. The van der Waals surface area contributed by atoms with Gasteiger partial charge < -0.3 is 13.3 Å². The summed E-state index contributed by atoms with van der Waals surface area (Å²) in [5, 5.41) is 0.865. The SMILES string of the molecule is CO[Si](OC)(OC)c1ccc(CN=C=O)cc1. The van der Waals surface area contributed by atoms with Crippen LogP contribution in [0.2, 0.25) is 0 Å². The van der Waals surface area contributed by atoms with Crippen molar-refractivity contribution in [3.05, 3.63) is 29.8 Å². The zero-order valence-corrected chi connectivity index (χ0v) is 11.1. The Bertz CT molecular complexity index is 388. The van der Waals surface area contributed by atoms with Gasteiger partial charge in [0.15, 0.2) is 0 Å². The van der Waals surface area contributed by atoms with Crippen LogP contribution in [0.1, 0.15) is 5.56 Å². The summed E-state index contributed by atoms with van der Waals surface area (Å²) in [7, 11) is 1.92. The summed E-state index contributed by atoms with van der Waals surface area (Å²) in [5.41, 5.74) is 0.920. The Balaban J connectivity index is 2.95. The third-order valence-electron chi connectivity index (χ3n) is 2.44. The average Bonchev–Trinajstić information content (AvgIpc) is 2.40. The highest BCUT2D eigenvalue weighted by molar-refractivity contribution is 6.75. The van der Waals surface area contributed by atoms with Gasteiger partial charge in [0, 0.05) is 26.5 Å². The molecule has 0 heterocycles. The molecule has 0 radical (unpaired) electrons. The van der Waals surface area contributed by atoms with Crippen molar-refractivity contribution in [1.82, 2.24) is 0 Å². The summed E-state index contributed by atoms with van der Waals surface area (Å²) in [6, 6.07) is 7.43. The van der Waals surface area contributed by atoms with Crippen molar-refractivity contribution in [3.8, 4) is 0 Å². The van der Waals surface area contributed by atoms with E-state index in [1.807, 2.05) is 24.3 Å². The number of rotatable bonds is 6. The van der Waals surface area contributed by atoms with Crippen LogP contribution in [0.25, 0.3) is 0 Å². The van der Waals surface area contributed by atoms with Gasteiger partial charge in [0.25, 0.3) is 0 Å². The number of isocyanates is 1. The normalized spacial score (nSPS) is 11.0. The van der Waals surface area contributed by atoms with Gasteiger partial charge in [-0.2, -0.15) is 0 Å². The lowest BCUT2D eigenvalue weighted by atomic mass is 10.2. The molecule has 0 spiro atoms. The average molecular weight is 253 g/mol. The highest BCUT2D eigenvalue weighted by atomic mass is 28.4. The van der Waals surface area contributed by atoms with E-state index in [4.69, 9.17) is 13.3 Å². The first kappa shape index (κ1) is 13.8. The maximum absolute atomic E-state index is 10.00. The van der Waals surface area contributed by atoms with Crippen LogP contribution in [0, 0.1) is 0 Å². The van der Waals surface area contributed by atoms with E-state index in [2.05, 4.69) is 4.99 Å². The fraction of sp³-hybridized carbons (Fsp3) is 0.364. The molecule has 1 aromatic carbocycles. The van der Waals surface area contributed by atoms with Crippen molar-refractivity contribution in [2.75, 3.05) is 21.3 Å². The van der Waals surface area contributed by atoms with Gasteiger partial charge in [-0.05, 0) is 5.56 Å². The van der Waals surface area contributed by atoms with E-state index < -0.39 is 8.80 Å². The van der Waals surface area contributed by atoms with Gasteiger partial charge in [-0.1, -0.05) is 24.3 Å². The van der Waals surface area contributed by atoms with E-state index >= 15 is 0 Å². The second-order valence-corrected chi connectivity index (χ2v) is 6.19. The lowest BCUT2D eigenvalue weighted by molar-refractivity contribution is 0.140. The molecule has 0 saturated heterocycles. The van der Waals surface area contributed by atoms with E-state index in [0.29, 0.717) is 6.54 Å². The van der Waals surface area contributed by atoms with Gasteiger partial charge in [0.05, 0.1) is 6.54 Å². The van der Waals surface area contributed by atoms with Gasteiger partial charge >= 0.3 is 8.80 Å². The van der Waals surface area contributed by atoms with Crippen LogP contribution in [-0.4, -0.2) is 36.2 Å². The van der Waals surface area contributed by atoms with Gasteiger partial charge in [-0.3, -0.25) is 0 Å². The van der Waals surface area contributed by atoms with Gasteiger partial charge in [-0.25, -0.2) is 9.79 Å². The predicted octanol–water partition coefficient (Wildman–Crippen LogP) is 0.607. The first-order valence-electron chi connectivity index (χ1n) is 5.01. The highest BCUT2D eigenvalue weighted by Gasteiger charge is 2.40. The van der Waals surface area contributed by atoms with Crippen LogP contribution < -0.4 is 5.19 Å². The first-order valence-corrected chi connectivity index (χ1v) is 6.73. The number of hydrogen-bond acceptors (Lipinski definition) is 5. The molecule has 0 aliphatic heterocycles. The molecule has 0 aliphatic carbocycles. The summed E-state index contributed by atoms with van der Waals surface area (Å²) in [5.74, 6) is 0. The minimum Gasteiger partial charge on any atom is -0.373 e. The number of aliphatic imine (C=N–C) groups is 1. The van der Waals surface area contributed by atoms with Crippen molar-refractivity contribution in [3.63, 3.8) is 0 Å². The van der Waals surface area contributed by atoms with E-state index in [9.17, 15) is 4.79 Å². The quantitative estimate of drug-likeness (QED) is 0.423. The molecule has 0 saturated carbocycles. The summed E-state index contributed by atoms with van der Waals surface area (Å²) < 4.78 is 16.1. The van der Waals surface area contributed by atoms with Crippen molar-refractivity contribution < 1.29 is 18.1 Å². The van der Waals surface area contributed by atoms with Crippen molar-refractivity contribution in [2.45, 2.75) is 6.54 Å². The lowest BCUT2D eigenvalue weighted by Gasteiger charge is -2.24. The second-order valence-electron chi connectivity index (χ2n) is 3.27. The number of hydrogen-bond donors (Lipinski definition) is 0. The van der Waals surface area contributed by atoms with Crippen molar-refractivity contribution >= 4 is 20.1 Å². The molecule has 0 aromatic heterocycles. The maximum atomic E-state index is 10.00. The van der Waals surface area contributed by atoms with Gasteiger partial charge in [0.2, 0.25) is 6.08 Å². The molecule has 0 fully saturated rings. The van der Waals surface area contributed by atoms with Crippen LogP contribution in [0.5, 0.6) is 0 Å². The van der Waals surface area contributed by atoms with Crippen LogP contribution in [0.15, 0.2) is 29.3 Å². The Morgan fingerprint density at radius 2 is 1.65 bits per heavy atom. The largest absolute Gasteiger partial charge is 0.536 e. The number of carbonyl (C=O) groups excluding carboxylic acids is 1. The molecule has 1 aromatic rings. The van der Waals surface area contributed by atoms with Gasteiger partial charge in [-0.15, -0.1) is 0 Å². The van der Waals surface area contributed by atoms with E-state index in [1.54, 1.807) is 21.3 Å². The molecule has 6 heteroatoms. The summed E-state index contributed by atoms with van der Waals surface area (Å²) in [6.07, 6.45) is 1.50. The Morgan fingerprint density at radius 1 is 1.12 bits per heavy atom. The molecule has 0 atom stereocenters. The first-order chi connectivity index (χ1) is 8.22. The van der Waals surface area contributed by atoms with Gasteiger partial charge in [0.1, 0.15) is 0 Å². The summed E-state index contributed by atoms with van der Waals surface area (Å²) in [4.78, 5) is 13.5. The Morgan fingerprint density at radius 3 is 2.06 bits per heavy atom. The fourth-order valence-corrected chi connectivity index (χ4v) is 3.32. The standard InChI is InChI=1S/C11H15NO4Si/c1-14-17(15-2,16-3)11-6-4-10(5-7-11)8-12-9-13/h4-7H,8H2,1-3H3. The van der Waals surface area contributed by atoms with Crippen molar-refractivity contribution in [2.24, 2.45) is 4.99 Å².